The Balaban J connectivity index is 2.19. The zero-order valence-electron chi connectivity index (χ0n) is 10.7. The minimum atomic E-state index is -4.74. The molecule has 1 fully saturated rings. The first-order valence-electron chi connectivity index (χ1n) is 6.39. The van der Waals surface area contributed by atoms with Crippen molar-refractivity contribution < 1.29 is 23.0 Å². The SMILES string of the molecule is CC1CCC(C(O)c2ccccc2OC(F)(F)F)C1. The number of hydrogen-bond acceptors (Lipinski definition) is 2. The number of ether oxygens (including phenoxy) is 1. The molecule has 0 aliphatic heterocycles. The van der Waals surface area contributed by atoms with Gasteiger partial charge in [-0.1, -0.05) is 31.5 Å². The fourth-order valence-corrected chi connectivity index (χ4v) is 2.73. The van der Waals surface area contributed by atoms with Crippen molar-refractivity contribution in [3.8, 4) is 5.75 Å². The van der Waals surface area contributed by atoms with Crippen LogP contribution < -0.4 is 4.74 Å². The van der Waals surface area contributed by atoms with Gasteiger partial charge in [-0.25, -0.2) is 0 Å². The maximum absolute atomic E-state index is 12.3. The standard InChI is InChI=1S/C14H17F3O2/c1-9-6-7-10(8-9)13(18)11-4-2-3-5-12(11)19-14(15,16)17/h2-5,9-10,13,18H,6-8H2,1H3. The summed E-state index contributed by atoms with van der Waals surface area (Å²) in [5.74, 6) is 0.213. The summed E-state index contributed by atoms with van der Waals surface area (Å²) in [6, 6.07) is 5.81. The quantitative estimate of drug-likeness (QED) is 0.900. The summed E-state index contributed by atoms with van der Waals surface area (Å²) in [6.45, 7) is 2.09. The lowest BCUT2D eigenvalue weighted by Gasteiger charge is -2.21. The molecule has 0 aromatic heterocycles. The van der Waals surface area contributed by atoms with Crippen molar-refractivity contribution in [3.63, 3.8) is 0 Å². The molecule has 1 N–H and O–H groups in total. The van der Waals surface area contributed by atoms with Crippen LogP contribution in [0.25, 0.3) is 0 Å². The van der Waals surface area contributed by atoms with E-state index in [0.29, 0.717) is 5.92 Å². The molecule has 0 heterocycles. The molecule has 0 spiro atoms. The van der Waals surface area contributed by atoms with Crippen molar-refractivity contribution in [3.05, 3.63) is 29.8 Å². The Morgan fingerprint density at radius 3 is 2.53 bits per heavy atom. The molecule has 1 aliphatic rings. The molecule has 1 aliphatic carbocycles. The Kier molecular flexibility index (Phi) is 4.04. The van der Waals surface area contributed by atoms with Crippen molar-refractivity contribution in [1.29, 1.82) is 0 Å². The van der Waals surface area contributed by atoms with Gasteiger partial charge in [0.2, 0.25) is 0 Å². The monoisotopic (exact) mass is 274 g/mol. The Labute approximate surface area is 110 Å². The lowest BCUT2D eigenvalue weighted by molar-refractivity contribution is -0.275. The van der Waals surface area contributed by atoms with E-state index in [0.717, 1.165) is 19.3 Å². The minimum Gasteiger partial charge on any atom is -0.405 e. The van der Waals surface area contributed by atoms with Crippen LogP contribution in [0, 0.1) is 11.8 Å². The van der Waals surface area contributed by atoms with Crippen molar-refractivity contribution >= 4 is 0 Å². The van der Waals surface area contributed by atoms with Gasteiger partial charge >= 0.3 is 6.36 Å². The van der Waals surface area contributed by atoms with E-state index in [4.69, 9.17) is 0 Å². The maximum Gasteiger partial charge on any atom is 0.573 e. The molecule has 1 aromatic carbocycles. The normalized spacial score (nSPS) is 25.3. The van der Waals surface area contributed by atoms with Gasteiger partial charge in [-0.2, -0.15) is 0 Å². The van der Waals surface area contributed by atoms with E-state index in [1.165, 1.54) is 18.2 Å². The summed E-state index contributed by atoms with van der Waals surface area (Å²) < 4.78 is 40.9. The first-order chi connectivity index (χ1) is 8.87. The van der Waals surface area contributed by atoms with Gasteiger partial charge in [0.1, 0.15) is 5.75 Å². The van der Waals surface area contributed by atoms with E-state index in [1.54, 1.807) is 6.07 Å². The highest BCUT2D eigenvalue weighted by atomic mass is 19.4. The predicted octanol–water partition coefficient (Wildman–Crippen LogP) is 4.05. The third-order valence-corrected chi connectivity index (χ3v) is 3.65. The second-order valence-corrected chi connectivity index (χ2v) is 5.21. The van der Waals surface area contributed by atoms with Crippen molar-refractivity contribution in [2.75, 3.05) is 0 Å². The Bertz CT molecular complexity index is 431. The van der Waals surface area contributed by atoms with Crippen LogP contribution in [-0.2, 0) is 0 Å². The van der Waals surface area contributed by atoms with E-state index >= 15 is 0 Å². The van der Waals surface area contributed by atoms with Crippen LogP contribution in [-0.4, -0.2) is 11.5 Å². The number of rotatable bonds is 3. The van der Waals surface area contributed by atoms with Gasteiger partial charge in [-0.15, -0.1) is 13.2 Å². The number of aliphatic hydroxyl groups is 1. The molecule has 3 unspecified atom stereocenters. The highest BCUT2D eigenvalue weighted by molar-refractivity contribution is 5.35. The summed E-state index contributed by atoms with van der Waals surface area (Å²) in [4.78, 5) is 0. The first-order valence-corrected chi connectivity index (χ1v) is 6.39. The molecule has 3 atom stereocenters. The van der Waals surface area contributed by atoms with Gasteiger partial charge in [-0.3, -0.25) is 0 Å². The van der Waals surface area contributed by atoms with Crippen molar-refractivity contribution in [1.82, 2.24) is 0 Å². The van der Waals surface area contributed by atoms with E-state index < -0.39 is 12.5 Å². The number of alkyl halides is 3. The average Bonchev–Trinajstić information content (AvgIpc) is 2.74. The third-order valence-electron chi connectivity index (χ3n) is 3.65. The van der Waals surface area contributed by atoms with Crippen LogP contribution in [0.4, 0.5) is 13.2 Å². The summed E-state index contributed by atoms with van der Waals surface area (Å²) in [5.41, 5.74) is 0.221. The molecule has 5 heteroatoms. The Morgan fingerprint density at radius 1 is 1.26 bits per heavy atom. The van der Waals surface area contributed by atoms with Gasteiger partial charge in [0.25, 0.3) is 0 Å². The number of para-hydroxylation sites is 1. The molecule has 0 saturated heterocycles. The molecule has 2 rings (SSSR count). The van der Waals surface area contributed by atoms with Crippen LogP contribution >= 0.6 is 0 Å². The number of halogens is 3. The second-order valence-electron chi connectivity index (χ2n) is 5.21. The van der Waals surface area contributed by atoms with Gasteiger partial charge in [0, 0.05) is 5.56 Å². The highest BCUT2D eigenvalue weighted by Crippen LogP contribution is 2.41. The van der Waals surface area contributed by atoms with E-state index in [9.17, 15) is 18.3 Å². The van der Waals surface area contributed by atoms with Crippen LogP contribution in [0.15, 0.2) is 24.3 Å². The molecule has 0 radical (unpaired) electrons. The maximum atomic E-state index is 12.3. The lowest BCUT2D eigenvalue weighted by atomic mass is 9.93. The number of aliphatic hydroxyl groups excluding tert-OH is 1. The molecular weight excluding hydrogens is 257 g/mol. The lowest BCUT2D eigenvalue weighted by Crippen LogP contribution is -2.20. The molecule has 1 aromatic rings. The molecule has 1 saturated carbocycles. The van der Waals surface area contributed by atoms with Crippen molar-refractivity contribution in [2.24, 2.45) is 11.8 Å². The van der Waals surface area contributed by atoms with Crippen LogP contribution in [0.2, 0.25) is 0 Å². The third kappa shape index (κ3) is 3.62. The fraction of sp³-hybridized carbons (Fsp3) is 0.571. The first kappa shape index (κ1) is 14.2. The van der Waals surface area contributed by atoms with Crippen LogP contribution in [0.3, 0.4) is 0 Å². The second kappa shape index (κ2) is 5.41. The Morgan fingerprint density at radius 2 is 1.95 bits per heavy atom. The summed E-state index contributed by atoms with van der Waals surface area (Å²) >= 11 is 0. The minimum absolute atomic E-state index is 0.00739. The zero-order valence-corrected chi connectivity index (χ0v) is 10.7. The molecule has 0 bridgehead atoms. The van der Waals surface area contributed by atoms with Gasteiger partial charge in [0.15, 0.2) is 0 Å². The molecule has 106 valence electrons. The topological polar surface area (TPSA) is 29.5 Å². The average molecular weight is 274 g/mol. The van der Waals surface area contributed by atoms with E-state index in [2.05, 4.69) is 11.7 Å². The molecular formula is C14H17F3O2. The van der Waals surface area contributed by atoms with Crippen LogP contribution in [0.1, 0.15) is 37.9 Å². The highest BCUT2D eigenvalue weighted by Gasteiger charge is 2.35. The van der Waals surface area contributed by atoms with Gasteiger partial charge in [0.05, 0.1) is 6.10 Å². The van der Waals surface area contributed by atoms with Crippen molar-refractivity contribution in [2.45, 2.75) is 38.7 Å². The molecule has 2 nitrogen and oxygen atoms in total. The number of hydrogen-bond donors (Lipinski definition) is 1. The molecule has 19 heavy (non-hydrogen) atoms. The fourth-order valence-electron chi connectivity index (χ4n) is 2.73. The zero-order chi connectivity index (χ0) is 14.0. The predicted molar refractivity (Wildman–Crippen MR) is 64.6 cm³/mol. The van der Waals surface area contributed by atoms with Crippen LogP contribution in [0.5, 0.6) is 5.75 Å². The largest absolute Gasteiger partial charge is 0.573 e. The van der Waals surface area contributed by atoms with Gasteiger partial charge < -0.3 is 9.84 Å². The Hall–Kier alpha value is -1.23. The number of benzene rings is 1. The molecule has 0 amide bonds. The van der Waals surface area contributed by atoms with E-state index in [1.807, 2.05) is 0 Å². The smallest absolute Gasteiger partial charge is 0.405 e. The summed E-state index contributed by atoms with van der Waals surface area (Å²) in [6.07, 6.45) is -2.96. The summed E-state index contributed by atoms with van der Waals surface area (Å²) in [7, 11) is 0. The van der Waals surface area contributed by atoms with Gasteiger partial charge in [-0.05, 0) is 30.7 Å². The van der Waals surface area contributed by atoms with E-state index in [-0.39, 0.29) is 17.2 Å². The summed E-state index contributed by atoms with van der Waals surface area (Å²) in [5, 5.41) is 10.3.